The van der Waals surface area contributed by atoms with Gasteiger partial charge < -0.3 is 15.4 Å². The van der Waals surface area contributed by atoms with E-state index in [1.807, 2.05) is 67.3 Å². The number of aromatic nitrogens is 1. The molecule has 2 aromatic carbocycles. The summed E-state index contributed by atoms with van der Waals surface area (Å²) >= 11 is 0. The Labute approximate surface area is 212 Å². The minimum Gasteiger partial charge on any atom is -0.491 e. The Morgan fingerprint density at radius 1 is 1.06 bits per heavy atom. The molecule has 3 aromatic rings. The van der Waals surface area contributed by atoms with Gasteiger partial charge in [-0.15, -0.1) is 0 Å². The molecule has 1 amide bonds. The zero-order valence-electron chi connectivity index (χ0n) is 21.0. The Kier molecular flexibility index (Phi) is 6.80. The lowest BCUT2D eigenvalue weighted by molar-refractivity contribution is -0.120. The van der Waals surface area contributed by atoms with Crippen molar-refractivity contribution in [3.8, 4) is 16.9 Å². The zero-order chi connectivity index (χ0) is 25.3. The fourth-order valence-electron chi connectivity index (χ4n) is 5.31. The van der Waals surface area contributed by atoms with Crippen molar-refractivity contribution < 1.29 is 13.9 Å². The Morgan fingerprint density at radius 2 is 1.69 bits per heavy atom. The molecule has 0 saturated heterocycles. The minimum absolute atomic E-state index is 0.0427. The van der Waals surface area contributed by atoms with Crippen LogP contribution in [0.5, 0.6) is 5.75 Å². The summed E-state index contributed by atoms with van der Waals surface area (Å²) in [7, 11) is 0. The first-order valence-electron chi connectivity index (χ1n) is 12.9. The molecule has 0 unspecified atom stereocenters. The van der Waals surface area contributed by atoms with Crippen LogP contribution in [0.3, 0.4) is 0 Å². The lowest BCUT2D eigenvalue weighted by atomic mass is 9.97. The van der Waals surface area contributed by atoms with Crippen LogP contribution in [0.15, 0.2) is 66.7 Å². The molecule has 36 heavy (non-hydrogen) atoms. The van der Waals surface area contributed by atoms with Gasteiger partial charge in [0, 0.05) is 35.3 Å². The van der Waals surface area contributed by atoms with Crippen LogP contribution < -0.4 is 15.4 Å². The molecule has 2 aliphatic carbocycles. The highest BCUT2D eigenvalue weighted by Crippen LogP contribution is 2.48. The van der Waals surface area contributed by atoms with Crippen LogP contribution >= 0.6 is 0 Å². The second kappa shape index (κ2) is 10.0. The summed E-state index contributed by atoms with van der Waals surface area (Å²) in [5, 5.41) is 0. The molecule has 0 spiro atoms. The van der Waals surface area contributed by atoms with E-state index in [0.29, 0.717) is 18.7 Å². The van der Waals surface area contributed by atoms with Crippen molar-refractivity contribution in [2.75, 3.05) is 11.4 Å². The largest absolute Gasteiger partial charge is 0.491 e. The van der Waals surface area contributed by atoms with Gasteiger partial charge in [-0.3, -0.25) is 4.79 Å². The van der Waals surface area contributed by atoms with Crippen LogP contribution in [0.25, 0.3) is 11.1 Å². The summed E-state index contributed by atoms with van der Waals surface area (Å²) in [5.74, 6) is 0.148. The Bertz CT molecular complexity index is 1200. The van der Waals surface area contributed by atoms with Gasteiger partial charge in [0.05, 0.1) is 6.10 Å². The van der Waals surface area contributed by atoms with Gasteiger partial charge in [0.15, 0.2) is 0 Å². The highest BCUT2D eigenvalue weighted by atomic mass is 19.1. The van der Waals surface area contributed by atoms with Crippen molar-refractivity contribution in [3.05, 3.63) is 78.4 Å². The molecule has 1 aromatic heterocycles. The van der Waals surface area contributed by atoms with Gasteiger partial charge in [-0.2, -0.15) is 4.39 Å². The first-order valence-corrected chi connectivity index (χ1v) is 12.9. The Morgan fingerprint density at radius 3 is 2.31 bits per heavy atom. The monoisotopic (exact) mass is 487 g/mol. The van der Waals surface area contributed by atoms with Gasteiger partial charge in [0.25, 0.3) is 0 Å². The fourth-order valence-corrected chi connectivity index (χ4v) is 5.31. The number of benzene rings is 2. The second-order valence-corrected chi connectivity index (χ2v) is 10.6. The molecule has 2 fully saturated rings. The lowest BCUT2D eigenvalue weighted by Gasteiger charge is -2.33. The zero-order valence-corrected chi connectivity index (χ0v) is 21.0. The van der Waals surface area contributed by atoms with Gasteiger partial charge in [0.2, 0.25) is 11.9 Å². The number of nitrogens with zero attached hydrogens (tertiary/aromatic N) is 2. The number of hydrogen-bond acceptors (Lipinski definition) is 4. The average molecular weight is 488 g/mol. The van der Waals surface area contributed by atoms with E-state index in [4.69, 9.17) is 10.5 Å². The van der Waals surface area contributed by atoms with E-state index in [1.165, 1.54) is 6.07 Å². The topological polar surface area (TPSA) is 68.5 Å². The maximum Gasteiger partial charge on any atom is 0.230 e. The number of rotatable bonds is 8. The van der Waals surface area contributed by atoms with Crippen molar-refractivity contribution >= 4 is 11.6 Å². The number of hydrogen-bond donors (Lipinski definition) is 1. The normalized spacial score (nSPS) is 20.4. The smallest absolute Gasteiger partial charge is 0.230 e. The molecule has 6 heteroatoms. The third-order valence-corrected chi connectivity index (χ3v) is 7.30. The van der Waals surface area contributed by atoms with E-state index in [-0.39, 0.29) is 29.4 Å². The first kappa shape index (κ1) is 24.4. The van der Waals surface area contributed by atoms with E-state index in [9.17, 15) is 9.18 Å². The molecule has 188 valence electrons. The van der Waals surface area contributed by atoms with Crippen LogP contribution in [0, 0.1) is 11.9 Å². The third-order valence-electron chi connectivity index (χ3n) is 7.30. The number of carbonyl (C=O) groups is 1. The summed E-state index contributed by atoms with van der Waals surface area (Å²) < 4.78 is 19.4. The fraction of sp³-hybridized carbons (Fsp3) is 0.400. The predicted octanol–water partition coefficient (Wildman–Crippen LogP) is 6.08. The minimum atomic E-state index is -0.506. The first-order chi connectivity index (χ1) is 17.3. The van der Waals surface area contributed by atoms with Crippen LogP contribution in [0.2, 0.25) is 0 Å². The molecule has 5 nitrogen and oxygen atoms in total. The molecular formula is C30H34FN3O2. The number of pyridine rings is 1. The number of halogens is 1. The summed E-state index contributed by atoms with van der Waals surface area (Å²) in [6.45, 7) is 4.51. The summed E-state index contributed by atoms with van der Waals surface area (Å²) in [6, 6.07) is 20.9. The standard InChI is InChI=1S/C30H34FN3O2/c1-20(2)36-24-14-10-22(11-15-24)21-8-12-23(13-9-21)34(19-30(32)16-3-4-17-30)29(35)26-18-25(26)27-6-5-7-28(31)33-27/h5-15,20,25-26H,3-4,16-19,32H2,1-2H3/t25-,26-/m1/s1. The van der Waals surface area contributed by atoms with Crippen molar-refractivity contribution in [2.24, 2.45) is 11.7 Å². The van der Waals surface area contributed by atoms with Gasteiger partial charge in [0.1, 0.15) is 5.75 Å². The second-order valence-electron chi connectivity index (χ2n) is 10.6. The number of amides is 1. The Balaban J connectivity index is 1.36. The molecule has 5 rings (SSSR count). The third kappa shape index (κ3) is 5.44. The van der Waals surface area contributed by atoms with Crippen molar-refractivity contribution in [1.82, 2.24) is 4.98 Å². The molecule has 0 bridgehead atoms. The van der Waals surface area contributed by atoms with E-state index in [1.54, 1.807) is 12.1 Å². The average Bonchev–Trinajstić information content (AvgIpc) is 3.56. The van der Waals surface area contributed by atoms with Gasteiger partial charge in [-0.1, -0.05) is 43.2 Å². The van der Waals surface area contributed by atoms with E-state index in [0.717, 1.165) is 48.2 Å². The lowest BCUT2D eigenvalue weighted by Crippen LogP contribution is -2.50. The van der Waals surface area contributed by atoms with E-state index in [2.05, 4.69) is 4.98 Å². The summed E-state index contributed by atoms with van der Waals surface area (Å²) in [5.41, 5.74) is 10.00. The van der Waals surface area contributed by atoms with Crippen LogP contribution in [0.4, 0.5) is 10.1 Å². The molecule has 2 N–H and O–H groups in total. The van der Waals surface area contributed by atoms with Gasteiger partial charge in [-0.05, 0) is 80.6 Å². The summed E-state index contributed by atoms with van der Waals surface area (Å²) in [6.07, 6.45) is 4.83. The number of anilines is 1. The SMILES string of the molecule is CC(C)Oc1ccc(-c2ccc(N(CC3(N)CCCC3)C(=O)[C@@H]3C[C@H]3c3cccc(F)n3)cc2)cc1. The quantitative estimate of drug-likeness (QED) is 0.391. The van der Waals surface area contributed by atoms with Crippen LogP contribution in [0.1, 0.15) is 57.6 Å². The molecule has 0 radical (unpaired) electrons. The highest BCUT2D eigenvalue weighted by Gasteiger charge is 2.48. The summed E-state index contributed by atoms with van der Waals surface area (Å²) in [4.78, 5) is 19.6. The van der Waals surface area contributed by atoms with Gasteiger partial charge >= 0.3 is 0 Å². The van der Waals surface area contributed by atoms with Crippen LogP contribution in [-0.4, -0.2) is 29.1 Å². The predicted molar refractivity (Wildman–Crippen MR) is 140 cm³/mol. The molecule has 2 aliphatic rings. The van der Waals surface area contributed by atoms with Gasteiger partial charge in [-0.25, -0.2) is 4.98 Å². The highest BCUT2D eigenvalue weighted by molar-refractivity contribution is 5.98. The number of nitrogens with two attached hydrogens (primary N) is 1. The molecule has 2 saturated carbocycles. The molecular weight excluding hydrogens is 453 g/mol. The number of carbonyl (C=O) groups excluding carboxylic acids is 1. The van der Waals surface area contributed by atoms with Crippen molar-refractivity contribution in [2.45, 2.75) is 63.5 Å². The Hall–Kier alpha value is -3.25. The van der Waals surface area contributed by atoms with E-state index >= 15 is 0 Å². The van der Waals surface area contributed by atoms with E-state index < -0.39 is 5.95 Å². The molecule has 0 aliphatic heterocycles. The maximum atomic E-state index is 13.7. The maximum absolute atomic E-state index is 13.7. The van der Waals surface area contributed by atoms with Crippen molar-refractivity contribution in [3.63, 3.8) is 0 Å². The van der Waals surface area contributed by atoms with Crippen molar-refractivity contribution in [1.29, 1.82) is 0 Å². The van der Waals surface area contributed by atoms with Crippen LogP contribution in [-0.2, 0) is 4.79 Å². The number of ether oxygens (including phenoxy) is 1. The molecule has 2 atom stereocenters. The molecule has 1 heterocycles.